The molecule has 0 aromatic heterocycles. The maximum atomic E-state index is 12.9. The molecule has 2 aromatic rings. The van der Waals surface area contributed by atoms with E-state index in [9.17, 15) is 35.4 Å². The second kappa shape index (κ2) is 8.33. The molecule has 0 aliphatic carbocycles. The summed E-state index contributed by atoms with van der Waals surface area (Å²) in [5, 5.41) is 58.9. The minimum absolute atomic E-state index is 0.0183. The molecule has 1 unspecified atom stereocenters. The van der Waals surface area contributed by atoms with E-state index in [-0.39, 0.29) is 40.8 Å². The van der Waals surface area contributed by atoms with Gasteiger partial charge in [0.1, 0.15) is 59.1 Å². The molecule has 2 heterocycles. The standard InChI is InChI=1S/C21H22O10/c22-8-16-18(26)19(27)20(28)21(31-16)30-15-6-11(24)5-14-17(15)12(25)7-13(29-14)9-1-3-10(23)4-2-9/h1-6,13,16,18-24,26-28H,7-8H2/t13?,16-,18-,19+,20-,21-/m1/s1. The van der Waals surface area contributed by atoms with Gasteiger partial charge < -0.3 is 44.8 Å². The molecule has 10 nitrogen and oxygen atoms in total. The van der Waals surface area contributed by atoms with Gasteiger partial charge in [0.05, 0.1) is 13.0 Å². The number of benzene rings is 2. The molecule has 6 N–H and O–H groups in total. The molecular weight excluding hydrogens is 412 g/mol. The third-order valence-electron chi connectivity index (χ3n) is 5.33. The number of carbonyl (C=O) groups excluding carboxylic acids is 1. The SMILES string of the molecule is O=C1CC(c2ccc(O)cc2)Oc2cc(O)cc(O[C@@H]3O[C@H](CO)[C@@H](O)[C@H](O)[C@H]3O)c21. The van der Waals surface area contributed by atoms with E-state index in [1.807, 2.05) is 0 Å². The first-order chi connectivity index (χ1) is 14.8. The van der Waals surface area contributed by atoms with E-state index in [0.717, 1.165) is 6.07 Å². The van der Waals surface area contributed by atoms with Crippen LogP contribution in [0, 0.1) is 0 Å². The number of phenols is 2. The van der Waals surface area contributed by atoms with Crippen molar-refractivity contribution in [1.29, 1.82) is 0 Å². The van der Waals surface area contributed by atoms with Gasteiger partial charge in [0, 0.05) is 12.1 Å². The van der Waals surface area contributed by atoms with Crippen LogP contribution in [0.15, 0.2) is 36.4 Å². The van der Waals surface area contributed by atoms with Crippen LogP contribution >= 0.6 is 0 Å². The second-order valence-corrected chi connectivity index (χ2v) is 7.46. The second-order valence-electron chi connectivity index (χ2n) is 7.46. The van der Waals surface area contributed by atoms with E-state index < -0.39 is 43.4 Å². The lowest BCUT2D eigenvalue weighted by Gasteiger charge is -2.40. The van der Waals surface area contributed by atoms with Gasteiger partial charge in [-0.05, 0) is 17.7 Å². The van der Waals surface area contributed by atoms with Crippen LogP contribution in [0.5, 0.6) is 23.0 Å². The summed E-state index contributed by atoms with van der Waals surface area (Å²) >= 11 is 0. The normalized spacial score (nSPS) is 30.4. The Kier molecular flexibility index (Phi) is 5.73. The number of ketones is 1. The van der Waals surface area contributed by atoms with Crippen molar-refractivity contribution in [2.45, 2.75) is 43.2 Å². The molecule has 0 saturated carbocycles. The van der Waals surface area contributed by atoms with Gasteiger partial charge in [-0.2, -0.15) is 0 Å². The maximum absolute atomic E-state index is 12.9. The van der Waals surface area contributed by atoms with Crippen molar-refractivity contribution < 1.29 is 49.6 Å². The first-order valence-electron chi connectivity index (χ1n) is 9.61. The quantitative estimate of drug-likeness (QED) is 0.385. The van der Waals surface area contributed by atoms with Gasteiger partial charge in [-0.25, -0.2) is 0 Å². The summed E-state index contributed by atoms with van der Waals surface area (Å²) in [4.78, 5) is 12.9. The number of aliphatic hydroxyl groups excluding tert-OH is 4. The molecule has 2 aliphatic rings. The average Bonchev–Trinajstić information content (AvgIpc) is 2.74. The molecule has 10 heteroatoms. The van der Waals surface area contributed by atoms with Gasteiger partial charge in [-0.1, -0.05) is 12.1 Å². The van der Waals surface area contributed by atoms with Crippen molar-refractivity contribution in [3.63, 3.8) is 0 Å². The Hall–Kier alpha value is -2.89. The van der Waals surface area contributed by atoms with Crippen LogP contribution in [-0.2, 0) is 4.74 Å². The van der Waals surface area contributed by atoms with Gasteiger partial charge in [-0.15, -0.1) is 0 Å². The topological polar surface area (TPSA) is 166 Å². The Labute approximate surface area is 176 Å². The molecule has 6 atom stereocenters. The summed E-state index contributed by atoms with van der Waals surface area (Å²) in [6, 6.07) is 8.56. The Balaban J connectivity index is 1.63. The number of aliphatic hydroxyl groups is 4. The highest BCUT2D eigenvalue weighted by atomic mass is 16.7. The Morgan fingerprint density at radius 1 is 0.968 bits per heavy atom. The highest BCUT2D eigenvalue weighted by Crippen LogP contribution is 2.43. The molecule has 2 aliphatic heterocycles. The van der Waals surface area contributed by atoms with Crippen molar-refractivity contribution in [2.24, 2.45) is 0 Å². The lowest BCUT2D eigenvalue weighted by molar-refractivity contribution is -0.277. The number of carbonyl (C=O) groups is 1. The first-order valence-corrected chi connectivity index (χ1v) is 9.61. The summed E-state index contributed by atoms with van der Waals surface area (Å²) in [6.07, 6.45) is -8.31. The average molecular weight is 434 g/mol. The number of ether oxygens (including phenoxy) is 3. The highest BCUT2D eigenvalue weighted by Gasteiger charge is 2.45. The van der Waals surface area contributed by atoms with Gasteiger partial charge >= 0.3 is 0 Å². The van der Waals surface area contributed by atoms with Crippen LogP contribution < -0.4 is 9.47 Å². The zero-order valence-corrected chi connectivity index (χ0v) is 16.2. The fourth-order valence-electron chi connectivity index (χ4n) is 3.67. The summed E-state index contributed by atoms with van der Waals surface area (Å²) in [5.41, 5.74) is 0.668. The lowest BCUT2D eigenvalue weighted by atomic mass is 9.95. The van der Waals surface area contributed by atoms with E-state index in [1.165, 1.54) is 18.2 Å². The van der Waals surface area contributed by atoms with E-state index in [1.54, 1.807) is 12.1 Å². The van der Waals surface area contributed by atoms with Crippen molar-refractivity contribution in [3.05, 3.63) is 47.5 Å². The van der Waals surface area contributed by atoms with Crippen LogP contribution in [0.2, 0.25) is 0 Å². The largest absolute Gasteiger partial charge is 0.508 e. The predicted molar refractivity (Wildman–Crippen MR) is 103 cm³/mol. The number of phenolic OH excluding ortho intramolecular Hbond substituents is 2. The molecular formula is C21H22O10. The van der Waals surface area contributed by atoms with Crippen LogP contribution in [-0.4, -0.2) is 73.7 Å². The minimum Gasteiger partial charge on any atom is -0.508 e. The van der Waals surface area contributed by atoms with Gasteiger partial charge in [0.25, 0.3) is 0 Å². The minimum atomic E-state index is -1.68. The Bertz CT molecular complexity index is 957. The number of rotatable bonds is 4. The molecule has 1 saturated heterocycles. The molecule has 31 heavy (non-hydrogen) atoms. The third-order valence-corrected chi connectivity index (χ3v) is 5.33. The number of Topliss-reactive ketones (excluding diaryl/α,β-unsaturated/α-hetero) is 1. The zero-order valence-electron chi connectivity index (χ0n) is 16.2. The van der Waals surface area contributed by atoms with E-state index in [4.69, 9.17) is 14.2 Å². The molecule has 166 valence electrons. The molecule has 0 radical (unpaired) electrons. The molecule has 0 bridgehead atoms. The highest BCUT2D eigenvalue weighted by molar-refractivity contribution is 6.02. The third kappa shape index (κ3) is 4.03. The van der Waals surface area contributed by atoms with Crippen molar-refractivity contribution in [3.8, 4) is 23.0 Å². The molecule has 0 spiro atoms. The van der Waals surface area contributed by atoms with Crippen molar-refractivity contribution in [1.82, 2.24) is 0 Å². The number of fused-ring (bicyclic) bond motifs is 1. The van der Waals surface area contributed by atoms with Crippen molar-refractivity contribution in [2.75, 3.05) is 6.61 Å². The molecule has 4 rings (SSSR count). The summed E-state index contributed by atoms with van der Waals surface area (Å²) in [6.45, 7) is -0.640. The molecule has 0 amide bonds. The van der Waals surface area contributed by atoms with E-state index in [2.05, 4.69) is 0 Å². The zero-order chi connectivity index (χ0) is 22.3. The van der Waals surface area contributed by atoms with Crippen LogP contribution in [0.25, 0.3) is 0 Å². The molecule has 1 fully saturated rings. The van der Waals surface area contributed by atoms with E-state index in [0.29, 0.717) is 5.56 Å². The van der Waals surface area contributed by atoms with Gasteiger partial charge in [0.2, 0.25) is 6.29 Å². The fourth-order valence-corrected chi connectivity index (χ4v) is 3.67. The number of aromatic hydroxyl groups is 2. The lowest BCUT2D eigenvalue weighted by Crippen LogP contribution is -2.60. The monoisotopic (exact) mass is 434 g/mol. The van der Waals surface area contributed by atoms with Crippen LogP contribution in [0.4, 0.5) is 0 Å². The van der Waals surface area contributed by atoms with Crippen molar-refractivity contribution >= 4 is 5.78 Å². The Morgan fingerprint density at radius 2 is 1.68 bits per heavy atom. The summed E-state index contributed by atoms with van der Waals surface area (Å²) < 4.78 is 16.8. The summed E-state index contributed by atoms with van der Waals surface area (Å²) in [7, 11) is 0. The van der Waals surface area contributed by atoms with Crippen LogP contribution in [0.1, 0.15) is 28.4 Å². The number of hydrogen-bond donors (Lipinski definition) is 6. The smallest absolute Gasteiger partial charge is 0.229 e. The number of hydrogen-bond acceptors (Lipinski definition) is 10. The maximum Gasteiger partial charge on any atom is 0.229 e. The van der Waals surface area contributed by atoms with Crippen LogP contribution in [0.3, 0.4) is 0 Å². The molecule has 2 aromatic carbocycles. The predicted octanol–water partition coefficient (Wildman–Crippen LogP) is -0.0170. The first kappa shape index (κ1) is 21.3. The fraction of sp³-hybridized carbons (Fsp3) is 0.381. The summed E-state index contributed by atoms with van der Waals surface area (Å²) in [5.74, 6) is -0.669. The van der Waals surface area contributed by atoms with Gasteiger partial charge in [0.15, 0.2) is 5.78 Å². The van der Waals surface area contributed by atoms with Gasteiger partial charge in [-0.3, -0.25) is 4.79 Å². The van der Waals surface area contributed by atoms with E-state index >= 15 is 0 Å². The Morgan fingerprint density at radius 3 is 2.35 bits per heavy atom.